The minimum atomic E-state index is -0.0128. The molecule has 0 amide bonds. The van der Waals surface area contributed by atoms with Crippen molar-refractivity contribution in [2.75, 3.05) is 13.7 Å². The molecule has 14 heavy (non-hydrogen) atoms. The van der Waals surface area contributed by atoms with E-state index >= 15 is 0 Å². The van der Waals surface area contributed by atoms with E-state index in [9.17, 15) is 5.11 Å². The van der Waals surface area contributed by atoms with Gasteiger partial charge in [-0.3, -0.25) is 0 Å². The number of hydrogen-bond acceptors (Lipinski definition) is 3. The predicted octanol–water partition coefficient (Wildman–Crippen LogP) is 2.11. The zero-order chi connectivity index (χ0) is 10.6. The highest BCUT2D eigenvalue weighted by Gasteiger charge is 2.04. The molecule has 1 atom stereocenters. The van der Waals surface area contributed by atoms with E-state index in [1.807, 2.05) is 19.9 Å². The number of phenolic OH excluding ortho intramolecular Hbond substituents is 1. The first-order chi connectivity index (χ1) is 6.61. The molecule has 0 fully saturated rings. The number of rotatable bonds is 4. The van der Waals surface area contributed by atoms with Gasteiger partial charge in [-0.1, -0.05) is 0 Å². The predicted molar refractivity (Wildman–Crippen MR) is 54.8 cm³/mol. The number of phenols is 1. The van der Waals surface area contributed by atoms with Crippen LogP contribution in [-0.4, -0.2) is 24.9 Å². The van der Waals surface area contributed by atoms with Crippen molar-refractivity contribution in [1.82, 2.24) is 0 Å². The van der Waals surface area contributed by atoms with Gasteiger partial charge in [-0.05, 0) is 31.5 Å². The van der Waals surface area contributed by atoms with Crippen LogP contribution >= 0.6 is 0 Å². The summed E-state index contributed by atoms with van der Waals surface area (Å²) < 4.78 is 10.5. The number of aromatic hydroxyl groups is 1. The summed E-state index contributed by atoms with van der Waals surface area (Å²) in [6.45, 7) is 4.37. The Morgan fingerprint density at radius 3 is 2.64 bits per heavy atom. The number of methoxy groups -OCH3 is 1. The van der Waals surface area contributed by atoms with E-state index in [1.54, 1.807) is 19.2 Å². The SMILES string of the molecule is COCC(C)Oc1cc(C)cc(O)c1. The molecule has 0 aliphatic heterocycles. The normalized spacial score (nSPS) is 12.5. The lowest BCUT2D eigenvalue weighted by atomic mass is 10.2. The number of hydrogen-bond donors (Lipinski definition) is 1. The fourth-order valence-corrected chi connectivity index (χ4v) is 1.30. The Hall–Kier alpha value is -1.22. The number of ether oxygens (including phenoxy) is 2. The summed E-state index contributed by atoms with van der Waals surface area (Å²) in [6, 6.07) is 5.17. The van der Waals surface area contributed by atoms with Gasteiger partial charge >= 0.3 is 0 Å². The van der Waals surface area contributed by atoms with Crippen LogP contribution in [0.1, 0.15) is 12.5 Å². The summed E-state index contributed by atoms with van der Waals surface area (Å²) in [7, 11) is 1.63. The lowest BCUT2D eigenvalue weighted by Crippen LogP contribution is -2.17. The molecule has 0 heterocycles. The van der Waals surface area contributed by atoms with Crippen molar-refractivity contribution in [3.63, 3.8) is 0 Å². The average Bonchev–Trinajstić information content (AvgIpc) is 2.01. The van der Waals surface area contributed by atoms with Crippen LogP contribution in [0, 0.1) is 6.92 Å². The quantitative estimate of drug-likeness (QED) is 0.801. The van der Waals surface area contributed by atoms with Crippen molar-refractivity contribution in [2.24, 2.45) is 0 Å². The Labute approximate surface area is 84.3 Å². The Morgan fingerprint density at radius 2 is 2.07 bits per heavy atom. The van der Waals surface area contributed by atoms with Crippen LogP contribution in [0.4, 0.5) is 0 Å². The van der Waals surface area contributed by atoms with Gasteiger partial charge in [-0.25, -0.2) is 0 Å². The van der Waals surface area contributed by atoms with E-state index in [1.165, 1.54) is 0 Å². The van der Waals surface area contributed by atoms with Crippen molar-refractivity contribution in [2.45, 2.75) is 20.0 Å². The van der Waals surface area contributed by atoms with Crippen molar-refractivity contribution in [3.8, 4) is 11.5 Å². The lowest BCUT2D eigenvalue weighted by Gasteiger charge is -2.14. The largest absolute Gasteiger partial charge is 0.508 e. The molecule has 0 aliphatic rings. The van der Waals surface area contributed by atoms with Gasteiger partial charge in [-0.15, -0.1) is 0 Å². The fraction of sp³-hybridized carbons (Fsp3) is 0.455. The average molecular weight is 196 g/mol. The van der Waals surface area contributed by atoms with E-state index in [4.69, 9.17) is 9.47 Å². The van der Waals surface area contributed by atoms with Crippen LogP contribution in [0.2, 0.25) is 0 Å². The Morgan fingerprint density at radius 1 is 1.36 bits per heavy atom. The summed E-state index contributed by atoms with van der Waals surface area (Å²) in [4.78, 5) is 0. The smallest absolute Gasteiger partial charge is 0.123 e. The van der Waals surface area contributed by atoms with Crippen LogP contribution in [0.3, 0.4) is 0 Å². The first-order valence-electron chi connectivity index (χ1n) is 4.58. The van der Waals surface area contributed by atoms with Gasteiger partial charge in [0, 0.05) is 13.2 Å². The summed E-state index contributed by atoms with van der Waals surface area (Å²) >= 11 is 0. The Kier molecular flexibility index (Phi) is 3.77. The maximum absolute atomic E-state index is 9.33. The molecular weight excluding hydrogens is 180 g/mol. The molecule has 1 unspecified atom stereocenters. The van der Waals surface area contributed by atoms with Gasteiger partial charge in [0.1, 0.15) is 17.6 Å². The van der Waals surface area contributed by atoms with Crippen molar-refractivity contribution in [3.05, 3.63) is 23.8 Å². The second-order valence-electron chi connectivity index (χ2n) is 3.39. The molecule has 78 valence electrons. The van der Waals surface area contributed by atoms with E-state index in [2.05, 4.69) is 0 Å². The van der Waals surface area contributed by atoms with Gasteiger partial charge in [-0.2, -0.15) is 0 Å². The number of aryl methyl sites for hydroxylation is 1. The van der Waals surface area contributed by atoms with Crippen molar-refractivity contribution >= 4 is 0 Å². The molecule has 0 saturated heterocycles. The highest BCUT2D eigenvalue weighted by Crippen LogP contribution is 2.22. The molecular formula is C11H16O3. The van der Waals surface area contributed by atoms with Gasteiger partial charge in [0.25, 0.3) is 0 Å². The molecule has 0 spiro atoms. The van der Waals surface area contributed by atoms with Gasteiger partial charge in [0.2, 0.25) is 0 Å². The highest BCUT2D eigenvalue weighted by molar-refractivity contribution is 5.36. The maximum Gasteiger partial charge on any atom is 0.123 e. The maximum atomic E-state index is 9.33. The molecule has 3 heteroatoms. The zero-order valence-electron chi connectivity index (χ0n) is 8.78. The molecule has 1 aromatic rings. The molecule has 1 rings (SSSR count). The third-order valence-electron chi connectivity index (χ3n) is 1.77. The minimum absolute atomic E-state index is 0.0128. The Balaban J connectivity index is 2.66. The van der Waals surface area contributed by atoms with E-state index in [0.29, 0.717) is 12.4 Å². The zero-order valence-corrected chi connectivity index (χ0v) is 8.78. The summed E-state index contributed by atoms with van der Waals surface area (Å²) in [5.41, 5.74) is 0.976. The van der Waals surface area contributed by atoms with Crippen LogP contribution in [0.5, 0.6) is 11.5 Å². The lowest BCUT2D eigenvalue weighted by molar-refractivity contribution is 0.0919. The second kappa shape index (κ2) is 4.86. The summed E-state index contributed by atoms with van der Waals surface area (Å²) in [6.07, 6.45) is -0.0128. The second-order valence-corrected chi connectivity index (χ2v) is 3.39. The van der Waals surface area contributed by atoms with Gasteiger partial charge < -0.3 is 14.6 Å². The molecule has 0 aromatic heterocycles. The molecule has 1 aromatic carbocycles. The van der Waals surface area contributed by atoms with E-state index in [0.717, 1.165) is 5.56 Å². The molecule has 0 radical (unpaired) electrons. The van der Waals surface area contributed by atoms with Gasteiger partial charge in [0.05, 0.1) is 6.61 Å². The molecule has 0 saturated carbocycles. The summed E-state index contributed by atoms with van der Waals surface area (Å²) in [5, 5.41) is 9.33. The Bertz CT molecular complexity index is 276. The third kappa shape index (κ3) is 3.26. The third-order valence-corrected chi connectivity index (χ3v) is 1.77. The topological polar surface area (TPSA) is 38.7 Å². The standard InChI is InChI=1S/C11H16O3/c1-8-4-10(12)6-11(5-8)14-9(2)7-13-3/h4-6,9,12H,7H2,1-3H3. The van der Waals surface area contributed by atoms with Crippen LogP contribution < -0.4 is 4.74 Å². The first-order valence-corrected chi connectivity index (χ1v) is 4.58. The van der Waals surface area contributed by atoms with Crippen LogP contribution in [-0.2, 0) is 4.74 Å². The number of benzene rings is 1. The summed E-state index contributed by atoms with van der Waals surface area (Å²) in [5.74, 6) is 0.900. The van der Waals surface area contributed by atoms with E-state index in [-0.39, 0.29) is 11.9 Å². The molecule has 0 aliphatic carbocycles. The highest BCUT2D eigenvalue weighted by atomic mass is 16.5. The van der Waals surface area contributed by atoms with Crippen LogP contribution in [0.15, 0.2) is 18.2 Å². The van der Waals surface area contributed by atoms with E-state index < -0.39 is 0 Å². The monoisotopic (exact) mass is 196 g/mol. The van der Waals surface area contributed by atoms with Crippen LogP contribution in [0.25, 0.3) is 0 Å². The van der Waals surface area contributed by atoms with Crippen molar-refractivity contribution in [1.29, 1.82) is 0 Å². The van der Waals surface area contributed by atoms with Crippen molar-refractivity contribution < 1.29 is 14.6 Å². The van der Waals surface area contributed by atoms with Gasteiger partial charge in [0.15, 0.2) is 0 Å². The minimum Gasteiger partial charge on any atom is -0.508 e. The molecule has 1 N–H and O–H groups in total. The molecule has 0 bridgehead atoms. The first kappa shape index (κ1) is 10.9. The molecule has 3 nitrogen and oxygen atoms in total. The fourth-order valence-electron chi connectivity index (χ4n) is 1.30.